The Morgan fingerprint density at radius 1 is 1.35 bits per heavy atom. The third-order valence-corrected chi connectivity index (χ3v) is 3.86. The van der Waals surface area contributed by atoms with Crippen LogP contribution in [0.4, 0.5) is 0 Å². The third-order valence-electron chi connectivity index (χ3n) is 2.94. The number of hydrogen-bond acceptors (Lipinski definition) is 5. The van der Waals surface area contributed by atoms with Crippen LogP contribution >= 0.6 is 11.8 Å². The molecule has 2 N–H and O–H groups in total. The second-order valence-electron chi connectivity index (χ2n) is 4.83. The summed E-state index contributed by atoms with van der Waals surface area (Å²) >= 11 is 1.33. The monoisotopic (exact) mass is 304 g/mol. The van der Waals surface area contributed by atoms with E-state index >= 15 is 0 Å². The van der Waals surface area contributed by atoms with Crippen LogP contribution in [0.3, 0.4) is 0 Å². The molecule has 7 heteroatoms. The SMILES string of the molecule is CC(O)CCCNC(=O)CSCC(=O)N1CCOCC1. The van der Waals surface area contributed by atoms with Crippen LogP contribution < -0.4 is 5.32 Å². The summed E-state index contributed by atoms with van der Waals surface area (Å²) in [5, 5.41) is 11.9. The second-order valence-corrected chi connectivity index (χ2v) is 5.81. The van der Waals surface area contributed by atoms with Gasteiger partial charge in [-0.25, -0.2) is 0 Å². The highest BCUT2D eigenvalue weighted by Crippen LogP contribution is 2.05. The number of aliphatic hydroxyl groups excluding tert-OH is 1. The topological polar surface area (TPSA) is 78.9 Å². The molecule has 1 fully saturated rings. The van der Waals surface area contributed by atoms with Crippen LogP contribution in [0.25, 0.3) is 0 Å². The minimum absolute atomic E-state index is 0.0598. The lowest BCUT2D eigenvalue weighted by Crippen LogP contribution is -2.41. The van der Waals surface area contributed by atoms with Crippen molar-refractivity contribution in [2.24, 2.45) is 0 Å². The van der Waals surface area contributed by atoms with Crippen LogP contribution in [0.2, 0.25) is 0 Å². The number of aliphatic hydroxyl groups is 1. The molecule has 0 spiro atoms. The average molecular weight is 304 g/mol. The van der Waals surface area contributed by atoms with E-state index in [1.807, 2.05) is 0 Å². The van der Waals surface area contributed by atoms with Gasteiger partial charge in [0, 0.05) is 19.6 Å². The molecule has 1 saturated heterocycles. The molecular formula is C13H24N2O4S. The van der Waals surface area contributed by atoms with Crippen LogP contribution in [-0.4, -0.2) is 72.3 Å². The largest absolute Gasteiger partial charge is 0.393 e. The van der Waals surface area contributed by atoms with Gasteiger partial charge in [-0.2, -0.15) is 0 Å². The van der Waals surface area contributed by atoms with Gasteiger partial charge in [0.1, 0.15) is 0 Å². The van der Waals surface area contributed by atoms with Crippen molar-refractivity contribution >= 4 is 23.6 Å². The van der Waals surface area contributed by atoms with Crippen LogP contribution in [0.5, 0.6) is 0 Å². The van der Waals surface area contributed by atoms with Gasteiger partial charge in [-0.1, -0.05) is 0 Å². The molecule has 116 valence electrons. The normalized spacial score (nSPS) is 16.8. The molecule has 1 rings (SSSR count). The smallest absolute Gasteiger partial charge is 0.232 e. The van der Waals surface area contributed by atoms with E-state index in [-0.39, 0.29) is 17.9 Å². The maximum absolute atomic E-state index is 11.8. The standard InChI is InChI=1S/C13H24N2O4S/c1-11(16)3-2-4-14-12(17)9-20-10-13(18)15-5-7-19-8-6-15/h11,16H,2-10H2,1H3,(H,14,17). The number of nitrogens with zero attached hydrogens (tertiary/aromatic N) is 1. The molecule has 1 atom stereocenters. The zero-order chi connectivity index (χ0) is 14.8. The van der Waals surface area contributed by atoms with Gasteiger partial charge in [-0.15, -0.1) is 11.8 Å². The molecule has 2 amide bonds. The number of thioether (sulfide) groups is 1. The van der Waals surface area contributed by atoms with Gasteiger partial charge >= 0.3 is 0 Å². The minimum Gasteiger partial charge on any atom is -0.393 e. The zero-order valence-corrected chi connectivity index (χ0v) is 12.8. The molecule has 1 heterocycles. The predicted molar refractivity (Wildman–Crippen MR) is 78.6 cm³/mol. The Hall–Kier alpha value is -0.790. The van der Waals surface area contributed by atoms with Crippen molar-refractivity contribution in [2.45, 2.75) is 25.9 Å². The van der Waals surface area contributed by atoms with E-state index in [0.717, 1.165) is 6.42 Å². The van der Waals surface area contributed by atoms with E-state index in [9.17, 15) is 9.59 Å². The molecule has 0 aromatic rings. The van der Waals surface area contributed by atoms with Gasteiger partial charge in [-0.05, 0) is 19.8 Å². The van der Waals surface area contributed by atoms with Crippen molar-refractivity contribution < 1.29 is 19.4 Å². The fourth-order valence-electron chi connectivity index (χ4n) is 1.81. The van der Waals surface area contributed by atoms with E-state index in [0.29, 0.717) is 50.8 Å². The first-order valence-electron chi connectivity index (χ1n) is 6.97. The van der Waals surface area contributed by atoms with Crippen molar-refractivity contribution in [1.82, 2.24) is 10.2 Å². The first-order chi connectivity index (χ1) is 9.59. The molecular weight excluding hydrogens is 280 g/mol. The Bertz CT molecular complexity index is 307. The van der Waals surface area contributed by atoms with Crippen LogP contribution in [0, 0.1) is 0 Å². The maximum atomic E-state index is 11.8. The van der Waals surface area contributed by atoms with E-state index in [1.165, 1.54) is 11.8 Å². The Kier molecular flexibility index (Phi) is 8.64. The quantitative estimate of drug-likeness (QED) is 0.610. The van der Waals surface area contributed by atoms with Gasteiger partial charge in [-0.3, -0.25) is 9.59 Å². The molecule has 0 aromatic carbocycles. The van der Waals surface area contributed by atoms with E-state index in [1.54, 1.807) is 11.8 Å². The summed E-state index contributed by atoms with van der Waals surface area (Å²) in [6.45, 7) is 4.78. The number of carbonyl (C=O) groups excluding carboxylic acids is 2. The molecule has 0 saturated carbocycles. The van der Waals surface area contributed by atoms with Crippen LogP contribution in [0.1, 0.15) is 19.8 Å². The fourth-order valence-corrected chi connectivity index (χ4v) is 2.56. The lowest BCUT2D eigenvalue weighted by molar-refractivity contribution is -0.132. The highest BCUT2D eigenvalue weighted by Gasteiger charge is 2.16. The van der Waals surface area contributed by atoms with Crippen molar-refractivity contribution in [2.75, 3.05) is 44.4 Å². The molecule has 0 aliphatic carbocycles. The number of ether oxygens (including phenoxy) is 1. The van der Waals surface area contributed by atoms with Crippen molar-refractivity contribution in [3.8, 4) is 0 Å². The van der Waals surface area contributed by atoms with Gasteiger partial charge in [0.15, 0.2) is 0 Å². The lowest BCUT2D eigenvalue weighted by Gasteiger charge is -2.26. The van der Waals surface area contributed by atoms with Crippen LogP contribution in [-0.2, 0) is 14.3 Å². The number of hydrogen-bond donors (Lipinski definition) is 2. The molecule has 20 heavy (non-hydrogen) atoms. The van der Waals surface area contributed by atoms with E-state index in [4.69, 9.17) is 9.84 Å². The molecule has 0 aromatic heterocycles. The van der Waals surface area contributed by atoms with E-state index < -0.39 is 0 Å². The van der Waals surface area contributed by atoms with Gasteiger partial charge < -0.3 is 20.1 Å². The number of nitrogens with one attached hydrogen (secondary N) is 1. The average Bonchev–Trinajstić information content (AvgIpc) is 2.44. The summed E-state index contributed by atoms with van der Waals surface area (Å²) in [6, 6.07) is 0. The zero-order valence-electron chi connectivity index (χ0n) is 12.0. The molecule has 0 bridgehead atoms. The minimum atomic E-state index is -0.326. The highest BCUT2D eigenvalue weighted by atomic mass is 32.2. The molecule has 1 aliphatic heterocycles. The van der Waals surface area contributed by atoms with Gasteiger partial charge in [0.25, 0.3) is 0 Å². The predicted octanol–water partition coefficient (Wildman–Crippen LogP) is -0.144. The van der Waals surface area contributed by atoms with Crippen molar-refractivity contribution in [3.05, 3.63) is 0 Å². The highest BCUT2D eigenvalue weighted by molar-refractivity contribution is 8.00. The first kappa shape index (κ1) is 17.3. The fraction of sp³-hybridized carbons (Fsp3) is 0.846. The van der Waals surface area contributed by atoms with Crippen molar-refractivity contribution in [3.63, 3.8) is 0 Å². The molecule has 1 aliphatic rings. The summed E-state index contributed by atoms with van der Waals surface area (Å²) in [4.78, 5) is 25.1. The summed E-state index contributed by atoms with van der Waals surface area (Å²) in [6.07, 6.45) is 1.12. The second kappa shape index (κ2) is 10.0. The van der Waals surface area contributed by atoms with Crippen molar-refractivity contribution in [1.29, 1.82) is 0 Å². The number of morpholine rings is 1. The lowest BCUT2D eigenvalue weighted by atomic mass is 10.2. The molecule has 1 unspecified atom stereocenters. The third kappa shape index (κ3) is 7.72. The summed E-state index contributed by atoms with van der Waals surface area (Å²) in [5.41, 5.74) is 0. The van der Waals surface area contributed by atoms with E-state index in [2.05, 4.69) is 5.32 Å². The Labute approximate surface area is 124 Å². The Morgan fingerprint density at radius 2 is 2.05 bits per heavy atom. The van der Waals surface area contributed by atoms with Gasteiger partial charge in [0.05, 0.1) is 30.8 Å². The first-order valence-corrected chi connectivity index (χ1v) is 8.13. The molecule has 0 radical (unpaired) electrons. The summed E-state index contributed by atoms with van der Waals surface area (Å²) in [7, 11) is 0. The molecule has 6 nitrogen and oxygen atoms in total. The van der Waals surface area contributed by atoms with Gasteiger partial charge in [0.2, 0.25) is 11.8 Å². The van der Waals surface area contributed by atoms with Crippen LogP contribution in [0.15, 0.2) is 0 Å². The Morgan fingerprint density at radius 3 is 2.70 bits per heavy atom. The summed E-state index contributed by atoms with van der Waals surface area (Å²) < 4.78 is 5.18. The summed E-state index contributed by atoms with van der Waals surface area (Å²) in [5.74, 6) is 0.641. The number of carbonyl (C=O) groups is 2. The number of rotatable bonds is 8. The Balaban J connectivity index is 2.01. The maximum Gasteiger partial charge on any atom is 0.232 e. The number of amides is 2.